The monoisotopic (exact) mass is 284 g/mol. The van der Waals surface area contributed by atoms with E-state index in [0.717, 1.165) is 45.2 Å². The minimum Gasteiger partial charge on any atom is -0.481 e. The number of urea groups is 1. The first-order valence-electron chi connectivity index (χ1n) is 7.73. The molecule has 0 aliphatic carbocycles. The Kier molecular flexibility index (Phi) is 6.82. The van der Waals surface area contributed by atoms with Crippen LogP contribution in [0, 0.1) is 5.92 Å². The van der Waals surface area contributed by atoms with Gasteiger partial charge in [0.15, 0.2) is 0 Å². The SMILES string of the molecule is CCC(CC)N(C)C(=O)N1CCC(CCC(=O)O)CC1. The van der Waals surface area contributed by atoms with Gasteiger partial charge in [0.05, 0.1) is 0 Å². The predicted molar refractivity (Wildman–Crippen MR) is 78.7 cm³/mol. The highest BCUT2D eigenvalue weighted by Gasteiger charge is 2.27. The van der Waals surface area contributed by atoms with Crippen molar-refractivity contribution in [3.05, 3.63) is 0 Å². The van der Waals surface area contributed by atoms with Gasteiger partial charge in [-0.3, -0.25) is 4.79 Å². The van der Waals surface area contributed by atoms with Gasteiger partial charge in [0.2, 0.25) is 0 Å². The summed E-state index contributed by atoms with van der Waals surface area (Å²) in [6.45, 7) is 5.73. The van der Waals surface area contributed by atoms with Crippen LogP contribution in [0.3, 0.4) is 0 Å². The van der Waals surface area contributed by atoms with Gasteiger partial charge < -0.3 is 14.9 Å². The van der Waals surface area contributed by atoms with Gasteiger partial charge in [0.1, 0.15) is 0 Å². The standard InChI is InChI=1S/C15H28N2O3/c1-4-13(5-2)16(3)15(20)17-10-8-12(9-11-17)6-7-14(18)19/h12-13H,4-11H2,1-3H3,(H,18,19). The summed E-state index contributed by atoms with van der Waals surface area (Å²) in [4.78, 5) is 26.7. The van der Waals surface area contributed by atoms with Crippen LogP contribution >= 0.6 is 0 Å². The fourth-order valence-corrected chi connectivity index (χ4v) is 2.96. The van der Waals surface area contributed by atoms with Crippen molar-refractivity contribution in [2.45, 2.75) is 58.4 Å². The zero-order valence-corrected chi connectivity index (χ0v) is 13.0. The first kappa shape index (κ1) is 16.8. The van der Waals surface area contributed by atoms with Crippen molar-refractivity contribution in [1.29, 1.82) is 0 Å². The molecule has 0 unspecified atom stereocenters. The number of amides is 2. The smallest absolute Gasteiger partial charge is 0.319 e. The molecule has 1 heterocycles. The average Bonchev–Trinajstić information content (AvgIpc) is 2.46. The Hall–Kier alpha value is -1.26. The topological polar surface area (TPSA) is 60.9 Å². The molecule has 1 saturated heterocycles. The Labute approximate surface area is 121 Å². The number of carbonyl (C=O) groups is 2. The molecule has 1 N–H and O–H groups in total. The molecule has 0 aromatic heterocycles. The highest BCUT2D eigenvalue weighted by atomic mass is 16.4. The number of hydrogen-bond acceptors (Lipinski definition) is 2. The second-order valence-corrected chi connectivity index (χ2v) is 5.73. The molecule has 1 rings (SSSR count). The molecule has 0 aromatic rings. The van der Waals surface area contributed by atoms with E-state index in [9.17, 15) is 9.59 Å². The summed E-state index contributed by atoms with van der Waals surface area (Å²) < 4.78 is 0. The second-order valence-electron chi connectivity index (χ2n) is 5.73. The summed E-state index contributed by atoms with van der Waals surface area (Å²) in [5.41, 5.74) is 0. The zero-order chi connectivity index (χ0) is 15.1. The van der Waals surface area contributed by atoms with Gasteiger partial charge in [-0.25, -0.2) is 4.79 Å². The number of nitrogens with zero attached hydrogens (tertiary/aromatic N) is 2. The Morgan fingerprint density at radius 3 is 2.25 bits per heavy atom. The molecule has 1 aliphatic rings. The molecule has 0 aromatic carbocycles. The van der Waals surface area contributed by atoms with Crippen molar-refractivity contribution < 1.29 is 14.7 Å². The number of carbonyl (C=O) groups excluding carboxylic acids is 1. The number of carboxylic acid groups (broad SMARTS) is 1. The van der Waals surface area contributed by atoms with Crippen molar-refractivity contribution in [2.24, 2.45) is 5.92 Å². The van der Waals surface area contributed by atoms with E-state index in [1.807, 2.05) is 16.8 Å². The third kappa shape index (κ3) is 4.69. The molecular weight excluding hydrogens is 256 g/mol. The van der Waals surface area contributed by atoms with E-state index in [0.29, 0.717) is 12.0 Å². The lowest BCUT2D eigenvalue weighted by Gasteiger charge is -2.37. The van der Waals surface area contributed by atoms with Gasteiger partial charge in [0.25, 0.3) is 0 Å². The van der Waals surface area contributed by atoms with Gasteiger partial charge in [-0.05, 0) is 38.0 Å². The molecule has 1 fully saturated rings. The zero-order valence-electron chi connectivity index (χ0n) is 13.0. The predicted octanol–water partition coefficient (Wildman–Crippen LogP) is 2.80. The van der Waals surface area contributed by atoms with Gasteiger partial charge in [-0.1, -0.05) is 13.8 Å². The fraction of sp³-hybridized carbons (Fsp3) is 0.867. The molecule has 0 radical (unpaired) electrons. The highest BCUT2D eigenvalue weighted by molar-refractivity contribution is 5.74. The Morgan fingerprint density at radius 1 is 1.25 bits per heavy atom. The molecule has 20 heavy (non-hydrogen) atoms. The minimum atomic E-state index is -0.725. The minimum absolute atomic E-state index is 0.121. The fourth-order valence-electron chi connectivity index (χ4n) is 2.96. The molecule has 5 nitrogen and oxygen atoms in total. The lowest BCUT2D eigenvalue weighted by atomic mass is 9.92. The van der Waals surface area contributed by atoms with Gasteiger partial charge in [-0.2, -0.15) is 0 Å². The van der Waals surface area contributed by atoms with E-state index in [1.165, 1.54) is 0 Å². The summed E-state index contributed by atoms with van der Waals surface area (Å²) in [6.07, 6.45) is 4.79. The van der Waals surface area contributed by atoms with Crippen LogP contribution in [-0.4, -0.2) is 53.1 Å². The van der Waals surface area contributed by atoms with E-state index in [2.05, 4.69) is 13.8 Å². The summed E-state index contributed by atoms with van der Waals surface area (Å²) in [5.74, 6) is -0.273. The number of likely N-dealkylation sites (tertiary alicyclic amines) is 1. The van der Waals surface area contributed by atoms with Gasteiger partial charge in [0, 0.05) is 32.6 Å². The Bertz CT molecular complexity index is 321. The molecule has 0 atom stereocenters. The first-order valence-corrected chi connectivity index (χ1v) is 7.73. The maximum atomic E-state index is 12.4. The van der Waals surface area contributed by atoms with Crippen LogP contribution in [0.1, 0.15) is 52.4 Å². The summed E-state index contributed by atoms with van der Waals surface area (Å²) in [6, 6.07) is 0.433. The van der Waals surface area contributed by atoms with Crippen molar-refractivity contribution in [3.8, 4) is 0 Å². The van der Waals surface area contributed by atoms with E-state index >= 15 is 0 Å². The van der Waals surface area contributed by atoms with Crippen LogP contribution in [0.15, 0.2) is 0 Å². The number of aliphatic carboxylic acids is 1. The largest absolute Gasteiger partial charge is 0.481 e. The maximum Gasteiger partial charge on any atom is 0.319 e. The summed E-state index contributed by atoms with van der Waals surface area (Å²) in [7, 11) is 1.89. The van der Waals surface area contributed by atoms with Crippen LogP contribution in [0.5, 0.6) is 0 Å². The van der Waals surface area contributed by atoms with Crippen LogP contribution in [0.2, 0.25) is 0 Å². The van der Waals surface area contributed by atoms with Crippen molar-refractivity contribution in [2.75, 3.05) is 20.1 Å². The highest BCUT2D eigenvalue weighted by Crippen LogP contribution is 2.23. The van der Waals surface area contributed by atoms with Gasteiger partial charge >= 0.3 is 12.0 Å². The number of carboxylic acids is 1. The van der Waals surface area contributed by atoms with Crippen molar-refractivity contribution >= 4 is 12.0 Å². The van der Waals surface area contributed by atoms with Crippen molar-refractivity contribution in [3.63, 3.8) is 0 Å². The number of rotatable bonds is 6. The quantitative estimate of drug-likeness (QED) is 0.816. The Balaban J connectivity index is 2.40. The van der Waals surface area contributed by atoms with E-state index in [1.54, 1.807) is 0 Å². The number of hydrogen-bond donors (Lipinski definition) is 1. The van der Waals surface area contributed by atoms with Gasteiger partial charge in [-0.15, -0.1) is 0 Å². The molecule has 0 saturated carbocycles. The lowest BCUT2D eigenvalue weighted by molar-refractivity contribution is -0.137. The third-order valence-corrected chi connectivity index (χ3v) is 4.44. The first-order chi connectivity index (χ1) is 9.49. The van der Waals surface area contributed by atoms with E-state index in [4.69, 9.17) is 5.11 Å². The molecule has 116 valence electrons. The summed E-state index contributed by atoms with van der Waals surface area (Å²) in [5, 5.41) is 8.70. The normalized spacial score (nSPS) is 16.5. The summed E-state index contributed by atoms with van der Waals surface area (Å²) >= 11 is 0. The molecule has 2 amide bonds. The average molecular weight is 284 g/mol. The maximum absolute atomic E-state index is 12.4. The van der Waals surface area contributed by atoms with Crippen LogP contribution < -0.4 is 0 Å². The number of piperidine rings is 1. The van der Waals surface area contributed by atoms with Crippen molar-refractivity contribution in [1.82, 2.24) is 9.80 Å². The Morgan fingerprint density at radius 2 is 1.80 bits per heavy atom. The second kappa shape index (κ2) is 8.12. The van der Waals surface area contributed by atoms with Crippen LogP contribution in [0.4, 0.5) is 4.79 Å². The lowest BCUT2D eigenvalue weighted by Crippen LogP contribution is -2.48. The van der Waals surface area contributed by atoms with Crippen LogP contribution in [0.25, 0.3) is 0 Å². The van der Waals surface area contributed by atoms with E-state index in [-0.39, 0.29) is 12.5 Å². The molecule has 0 bridgehead atoms. The van der Waals surface area contributed by atoms with Crippen LogP contribution in [-0.2, 0) is 4.79 Å². The molecular formula is C15H28N2O3. The molecule has 1 aliphatic heterocycles. The molecule has 5 heteroatoms. The van der Waals surface area contributed by atoms with E-state index < -0.39 is 5.97 Å². The third-order valence-electron chi connectivity index (χ3n) is 4.44. The molecule has 0 spiro atoms.